The molecule has 2 N–H and O–H groups in total. The fraction of sp³-hybridized carbons (Fsp3) is 0.714. The van der Waals surface area contributed by atoms with E-state index in [1.54, 1.807) is 20.8 Å². The SMILES string of the molecule is C=C1[C@@H](O)CC[C@@]2(C)[C@@H](OC(C)=O)[C@H](OC(C)=O)C3=C(C)[C@@H](OC(C)=O)C[C@@]3(C(C)(C)O)[C@@H](OC(C)=O)[C@H]12. The van der Waals surface area contributed by atoms with Crippen molar-refractivity contribution in [3.63, 3.8) is 0 Å². The normalized spacial score (nSPS) is 36.9. The predicted molar refractivity (Wildman–Crippen MR) is 134 cm³/mol. The second-order valence-electron chi connectivity index (χ2n) is 11.6. The lowest BCUT2D eigenvalue weighted by Crippen LogP contribution is -2.59. The van der Waals surface area contributed by atoms with Crippen LogP contribution in [-0.4, -0.2) is 70.2 Å². The number of ether oxygens (including phenoxy) is 4. The third-order valence-corrected chi connectivity index (χ3v) is 8.67. The van der Waals surface area contributed by atoms with E-state index >= 15 is 0 Å². The van der Waals surface area contributed by atoms with Crippen molar-refractivity contribution >= 4 is 23.9 Å². The summed E-state index contributed by atoms with van der Waals surface area (Å²) in [6, 6.07) is 0. The van der Waals surface area contributed by atoms with Gasteiger partial charge in [-0.25, -0.2) is 0 Å². The summed E-state index contributed by atoms with van der Waals surface area (Å²) in [4.78, 5) is 49.7. The highest BCUT2D eigenvalue weighted by atomic mass is 16.6. The van der Waals surface area contributed by atoms with E-state index in [0.29, 0.717) is 23.1 Å². The fourth-order valence-electron chi connectivity index (χ4n) is 7.17. The highest BCUT2D eigenvalue weighted by molar-refractivity contribution is 5.70. The van der Waals surface area contributed by atoms with Crippen LogP contribution in [0, 0.1) is 16.7 Å². The van der Waals surface area contributed by atoms with E-state index in [4.69, 9.17) is 18.9 Å². The maximum Gasteiger partial charge on any atom is 0.303 e. The summed E-state index contributed by atoms with van der Waals surface area (Å²) >= 11 is 0. The van der Waals surface area contributed by atoms with Crippen LogP contribution in [0.2, 0.25) is 0 Å². The first kappa shape index (κ1) is 29.8. The molecule has 0 aromatic heterocycles. The maximum atomic E-state index is 12.6. The second-order valence-corrected chi connectivity index (χ2v) is 11.6. The number of aliphatic hydroxyl groups is 2. The average molecular weight is 537 g/mol. The summed E-state index contributed by atoms with van der Waals surface area (Å²) in [6.07, 6.45) is -4.66. The molecule has 3 aliphatic carbocycles. The van der Waals surface area contributed by atoms with Crippen LogP contribution in [0.5, 0.6) is 0 Å². The molecule has 10 nitrogen and oxygen atoms in total. The van der Waals surface area contributed by atoms with E-state index in [1.165, 1.54) is 27.7 Å². The summed E-state index contributed by atoms with van der Waals surface area (Å²) in [6.45, 7) is 15.7. The van der Waals surface area contributed by atoms with Gasteiger partial charge in [-0.15, -0.1) is 0 Å². The number of hydrogen-bond donors (Lipinski definition) is 2. The zero-order valence-corrected chi connectivity index (χ0v) is 23.5. The lowest BCUT2D eigenvalue weighted by Gasteiger charge is -2.53. The van der Waals surface area contributed by atoms with Crippen LogP contribution in [0.4, 0.5) is 0 Å². The van der Waals surface area contributed by atoms with Gasteiger partial charge in [0.25, 0.3) is 0 Å². The molecule has 2 fully saturated rings. The average Bonchev–Trinajstić information content (AvgIpc) is 3.01. The molecule has 8 atom stereocenters. The zero-order chi connectivity index (χ0) is 29.0. The van der Waals surface area contributed by atoms with E-state index in [2.05, 4.69) is 6.58 Å². The van der Waals surface area contributed by atoms with Crippen LogP contribution in [0.25, 0.3) is 0 Å². The van der Waals surface area contributed by atoms with Gasteiger partial charge in [0.1, 0.15) is 18.3 Å². The van der Waals surface area contributed by atoms with Crippen molar-refractivity contribution in [3.05, 3.63) is 23.3 Å². The van der Waals surface area contributed by atoms with E-state index in [9.17, 15) is 29.4 Å². The number of carbonyl (C=O) groups is 4. The second kappa shape index (κ2) is 10.1. The van der Waals surface area contributed by atoms with Crippen molar-refractivity contribution < 1.29 is 48.3 Å². The molecular formula is C28H40O10. The number of fused-ring (bicyclic) bond motifs is 2. The smallest absolute Gasteiger partial charge is 0.303 e. The van der Waals surface area contributed by atoms with Gasteiger partial charge < -0.3 is 29.2 Å². The van der Waals surface area contributed by atoms with Crippen molar-refractivity contribution in [2.24, 2.45) is 16.7 Å². The molecule has 212 valence electrons. The maximum absolute atomic E-state index is 12.6. The fourth-order valence-corrected chi connectivity index (χ4v) is 7.17. The van der Waals surface area contributed by atoms with Crippen LogP contribution in [-0.2, 0) is 38.1 Å². The van der Waals surface area contributed by atoms with Crippen LogP contribution in [0.1, 0.15) is 74.7 Å². The van der Waals surface area contributed by atoms with Crippen LogP contribution < -0.4 is 0 Å². The molecule has 38 heavy (non-hydrogen) atoms. The molecule has 0 bridgehead atoms. The molecule has 2 saturated carbocycles. The minimum atomic E-state index is -1.65. The third-order valence-electron chi connectivity index (χ3n) is 8.67. The summed E-state index contributed by atoms with van der Waals surface area (Å²) < 4.78 is 23.5. The molecule has 0 aromatic rings. The molecule has 3 rings (SSSR count). The lowest BCUT2D eigenvalue weighted by molar-refractivity contribution is -0.191. The van der Waals surface area contributed by atoms with Gasteiger partial charge >= 0.3 is 23.9 Å². The van der Waals surface area contributed by atoms with Gasteiger partial charge in [-0.2, -0.15) is 0 Å². The monoisotopic (exact) mass is 536 g/mol. The summed E-state index contributed by atoms with van der Waals surface area (Å²) in [7, 11) is 0. The molecule has 0 heterocycles. The zero-order valence-electron chi connectivity index (χ0n) is 23.5. The minimum absolute atomic E-state index is 0.00426. The molecule has 3 aliphatic rings. The Kier molecular flexibility index (Phi) is 7.94. The van der Waals surface area contributed by atoms with Gasteiger partial charge in [0.2, 0.25) is 0 Å². The molecule has 0 amide bonds. The number of rotatable bonds is 5. The molecule has 0 unspecified atom stereocenters. The van der Waals surface area contributed by atoms with Gasteiger partial charge in [0.15, 0.2) is 6.10 Å². The molecule has 0 spiro atoms. The highest BCUT2D eigenvalue weighted by Crippen LogP contribution is 2.65. The van der Waals surface area contributed by atoms with E-state index in [1.807, 2.05) is 6.92 Å². The Balaban J connectivity index is 2.52. The van der Waals surface area contributed by atoms with Crippen LogP contribution >= 0.6 is 0 Å². The van der Waals surface area contributed by atoms with Crippen LogP contribution in [0.15, 0.2) is 23.3 Å². The summed E-state index contributed by atoms with van der Waals surface area (Å²) in [5, 5.41) is 22.8. The van der Waals surface area contributed by atoms with Crippen molar-refractivity contribution in [2.75, 3.05) is 0 Å². The lowest BCUT2D eigenvalue weighted by atomic mass is 9.55. The Labute approximate surface area is 223 Å². The molecule has 0 aliphatic heterocycles. The quantitative estimate of drug-likeness (QED) is 0.305. The van der Waals surface area contributed by atoms with Gasteiger partial charge in [-0.1, -0.05) is 13.5 Å². The first-order valence-electron chi connectivity index (χ1n) is 12.9. The molecular weight excluding hydrogens is 496 g/mol. The van der Waals surface area contributed by atoms with E-state index < -0.39 is 76.7 Å². The van der Waals surface area contributed by atoms with Crippen molar-refractivity contribution in [1.29, 1.82) is 0 Å². The molecule has 10 heteroatoms. The Morgan fingerprint density at radius 3 is 1.89 bits per heavy atom. The summed E-state index contributed by atoms with van der Waals surface area (Å²) in [5.74, 6) is -3.32. The highest BCUT2D eigenvalue weighted by Gasteiger charge is 2.71. The minimum Gasteiger partial charge on any atom is -0.461 e. The number of aliphatic hydroxyl groups excluding tert-OH is 1. The van der Waals surface area contributed by atoms with Gasteiger partial charge in [0, 0.05) is 45.4 Å². The summed E-state index contributed by atoms with van der Waals surface area (Å²) in [5.41, 5.74) is -2.95. The first-order chi connectivity index (χ1) is 17.4. The van der Waals surface area contributed by atoms with Gasteiger partial charge in [-0.05, 0) is 50.3 Å². The Morgan fingerprint density at radius 2 is 1.42 bits per heavy atom. The topological polar surface area (TPSA) is 146 Å². The van der Waals surface area contributed by atoms with Crippen LogP contribution in [0.3, 0.4) is 0 Å². The Morgan fingerprint density at radius 1 is 0.921 bits per heavy atom. The Bertz CT molecular complexity index is 1070. The number of carbonyl (C=O) groups excluding carboxylic acids is 4. The number of hydrogen-bond acceptors (Lipinski definition) is 10. The van der Waals surface area contributed by atoms with Gasteiger partial charge in [-0.3, -0.25) is 19.2 Å². The third kappa shape index (κ3) is 4.77. The molecule has 0 aromatic carbocycles. The number of esters is 4. The first-order valence-corrected chi connectivity index (χ1v) is 12.9. The molecule has 0 radical (unpaired) electrons. The standard InChI is InChI=1S/C28H40O10/c1-13-19(33)10-11-27(9)22(13)24(37-17(5)31)28(26(7,8)34)12-20(35-15(3)29)14(2)21(28)23(36-16(4)30)25(27)38-18(6)32/h19-20,22-25,33-34H,1,10-12H2,2-9H3/t19-,20-,22-,23+,24-,25-,27+,28-/m0/s1. The largest absolute Gasteiger partial charge is 0.461 e. The van der Waals surface area contributed by atoms with E-state index in [0.717, 1.165) is 0 Å². The van der Waals surface area contributed by atoms with E-state index in [-0.39, 0.29) is 12.8 Å². The van der Waals surface area contributed by atoms with Crippen molar-refractivity contribution in [3.8, 4) is 0 Å². The Hall–Kier alpha value is -2.72. The van der Waals surface area contributed by atoms with Gasteiger partial charge in [0.05, 0.1) is 17.1 Å². The van der Waals surface area contributed by atoms with Crippen molar-refractivity contribution in [1.82, 2.24) is 0 Å². The predicted octanol–water partition coefficient (Wildman–Crippen LogP) is 2.54. The van der Waals surface area contributed by atoms with Crippen molar-refractivity contribution in [2.45, 2.75) is 111 Å². The molecule has 0 saturated heterocycles.